The number of H-pyrrole nitrogens is 1. The first-order valence-electron chi connectivity index (χ1n) is 10.5. The predicted molar refractivity (Wildman–Crippen MR) is 128 cm³/mol. The Bertz CT molecular complexity index is 830. The molecule has 15 heteroatoms. The highest BCUT2D eigenvalue weighted by atomic mass is 32.2. The van der Waals surface area contributed by atoms with E-state index >= 15 is 0 Å². The van der Waals surface area contributed by atoms with Gasteiger partial charge in [-0.05, 0) is 31.3 Å². The van der Waals surface area contributed by atoms with E-state index in [0.717, 1.165) is 0 Å². The average molecular weight is 500 g/mol. The summed E-state index contributed by atoms with van der Waals surface area (Å²) >= 11 is 1.54. The van der Waals surface area contributed by atoms with Gasteiger partial charge in [-0.15, -0.1) is 0 Å². The number of imidazole rings is 1. The fourth-order valence-electron chi connectivity index (χ4n) is 2.78. The molecule has 0 saturated carbocycles. The van der Waals surface area contributed by atoms with Gasteiger partial charge in [0.1, 0.15) is 12.1 Å². The Morgan fingerprint density at radius 1 is 1.18 bits per heavy atom. The number of hydrogen-bond acceptors (Lipinski definition) is 8. The third-order valence-electron chi connectivity index (χ3n) is 4.58. The average Bonchev–Trinajstić information content (AvgIpc) is 3.30. The molecule has 0 spiro atoms. The molecule has 0 aromatic carbocycles. The second-order valence-corrected chi connectivity index (χ2v) is 8.34. The van der Waals surface area contributed by atoms with Crippen LogP contribution in [0.15, 0.2) is 17.5 Å². The van der Waals surface area contributed by atoms with E-state index in [-0.39, 0.29) is 25.3 Å². The highest BCUT2D eigenvalue weighted by molar-refractivity contribution is 7.98. The number of aromatic amines is 1. The van der Waals surface area contributed by atoms with Crippen molar-refractivity contribution in [2.45, 2.75) is 43.8 Å². The molecule has 14 nitrogen and oxygen atoms in total. The molecule has 3 unspecified atom stereocenters. The molecule has 3 atom stereocenters. The Hall–Kier alpha value is -3.33. The van der Waals surface area contributed by atoms with Crippen LogP contribution in [-0.4, -0.2) is 87.9 Å². The Kier molecular flexibility index (Phi) is 13.1. The van der Waals surface area contributed by atoms with Crippen LogP contribution in [-0.2, 0) is 25.6 Å². The quantitative estimate of drug-likeness (QED) is 0.0662. The molecular formula is C19H33N9O5S. The summed E-state index contributed by atoms with van der Waals surface area (Å²) < 4.78 is 0. The molecular weight excluding hydrogens is 466 g/mol. The smallest absolute Gasteiger partial charge is 0.326 e. The van der Waals surface area contributed by atoms with Crippen LogP contribution in [0.5, 0.6) is 0 Å². The van der Waals surface area contributed by atoms with E-state index in [2.05, 4.69) is 30.9 Å². The van der Waals surface area contributed by atoms with Crippen molar-refractivity contribution < 1.29 is 24.3 Å². The number of aliphatic imine (C=N–C) groups is 1. The lowest BCUT2D eigenvalue weighted by atomic mass is 10.1. The van der Waals surface area contributed by atoms with Crippen LogP contribution in [0, 0.1) is 0 Å². The molecule has 0 radical (unpaired) electrons. The first-order valence-corrected chi connectivity index (χ1v) is 11.9. The van der Waals surface area contributed by atoms with E-state index < -0.39 is 48.4 Å². The highest BCUT2D eigenvalue weighted by Gasteiger charge is 2.25. The maximum Gasteiger partial charge on any atom is 0.326 e. The summed E-state index contributed by atoms with van der Waals surface area (Å²) in [5.41, 5.74) is 17.0. The molecule has 0 bridgehead atoms. The van der Waals surface area contributed by atoms with Crippen molar-refractivity contribution >= 4 is 41.4 Å². The van der Waals surface area contributed by atoms with Gasteiger partial charge in [0.25, 0.3) is 0 Å². The SMILES string of the molecule is CSCCC(N)C(=O)NC(CCCN=C(N)N)C(=O)NCC(=O)NC(Cc1cnc[nH]1)C(=O)O. The van der Waals surface area contributed by atoms with Gasteiger partial charge in [0, 0.05) is 24.9 Å². The molecule has 1 aromatic heterocycles. The number of nitrogens with one attached hydrogen (secondary N) is 4. The number of guanidine groups is 1. The summed E-state index contributed by atoms with van der Waals surface area (Å²) in [4.78, 5) is 59.1. The zero-order valence-corrected chi connectivity index (χ0v) is 19.8. The van der Waals surface area contributed by atoms with Crippen LogP contribution >= 0.6 is 11.8 Å². The van der Waals surface area contributed by atoms with Crippen LogP contribution in [0.3, 0.4) is 0 Å². The number of carbonyl (C=O) groups is 4. The molecule has 0 saturated heterocycles. The summed E-state index contributed by atoms with van der Waals surface area (Å²) in [5, 5.41) is 16.7. The third-order valence-corrected chi connectivity index (χ3v) is 5.23. The van der Waals surface area contributed by atoms with Crippen molar-refractivity contribution in [3.05, 3.63) is 18.2 Å². The predicted octanol–water partition coefficient (Wildman–Crippen LogP) is -2.74. The maximum atomic E-state index is 12.7. The summed E-state index contributed by atoms with van der Waals surface area (Å²) in [7, 11) is 0. The Morgan fingerprint density at radius 2 is 1.91 bits per heavy atom. The summed E-state index contributed by atoms with van der Waals surface area (Å²) in [6.07, 6.45) is 5.74. The molecule has 0 aliphatic rings. The number of carboxylic acids is 1. The van der Waals surface area contributed by atoms with Crippen LogP contribution in [0.1, 0.15) is 25.0 Å². The van der Waals surface area contributed by atoms with Crippen LogP contribution in [0.2, 0.25) is 0 Å². The zero-order valence-electron chi connectivity index (χ0n) is 19.0. The molecule has 3 amide bonds. The van der Waals surface area contributed by atoms with Gasteiger partial charge in [0.05, 0.1) is 18.9 Å². The number of aliphatic carboxylic acids is 1. The van der Waals surface area contributed by atoms with E-state index in [4.69, 9.17) is 17.2 Å². The number of carbonyl (C=O) groups excluding carboxylic acids is 3. The van der Waals surface area contributed by atoms with Crippen LogP contribution in [0.4, 0.5) is 0 Å². The van der Waals surface area contributed by atoms with Crippen molar-refractivity contribution in [2.24, 2.45) is 22.2 Å². The summed E-state index contributed by atoms with van der Waals surface area (Å²) in [6, 6.07) is -2.98. The van der Waals surface area contributed by atoms with Crippen LogP contribution in [0.25, 0.3) is 0 Å². The monoisotopic (exact) mass is 499 g/mol. The molecule has 190 valence electrons. The third kappa shape index (κ3) is 11.5. The molecule has 1 rings (SSSR count). The van der Waals surface area contributed by atoms with Gasteiger partial charge in [0.2, 0.25) is 17.7 Å². The van der Waals surface area contributed by atoms with Gasteiger partial charge in [-0.3, -0.25) is 19.4 Å². The number of amides is 3. The van der Waals surface area contributed by atoms with Gasteiger partial charge in [-0.25, -0.2) is 9.78 Å². The number of thioether (sulfide) groups is 1. The number of nitrogens with two attached hydrogens (primary N) is 3. The topological polar surface area (TPSA) is 244 Å². The van der Waals surface area contributed by atoms with E-state index in [1.165, 1.54) is 12.5 Å². The lowest BCUT2D eigenvalue weighted by Crippen LogP contribution is -2.53. The number of rotatable bonds is 16. The van der Waals surface area contributed by atoms with E-state index in [1.807, 2.05) is 6.26 Å². The largest absolute Gasteiger partial charge is 0.480 e. The van der Waals surface area contributed by atoms with E-state index in [9.17, 15) is 24.3 Å². The molecule has 0 aliphatic carbocycles. The molecule has 34 heavy (non-hydrogen) atoms. The van der Waals surface area contributed by atoms with E-state index in [1.54, 1.807) is 11.8 Å². The summed E-state index contributed by atoms with van der Waals surface area (Å²) in [6.45, 7) is -0.237. The van der Waals surface area contributed by atoms with Gasteiger partial charge < -0.3 is 43.2 Å². The molecule has 11 N–H and O–H groups in total. The maximum absolute atomic E-state index is 12.7. The van der Waals surface area contributed by atoms with E-state index in [0.29, 0.717) is 24.3 Å². The standard InChI is InChI=1S/C19H33N9O5S/c1-34-6-4-12(20)16(30)28-13(3-2-5-24-19(21)22)17(31)25-9-15(29)27-14(18(32)33)7-11-8-23-10-26-11/h8,10,12-14H,2-7,9,20H2,1H3,(H,23,26)(H,25,31)(H,27,29)(H,28,30)(H,32,33)(H4,21,22,24). The fraction of sp³-hybridized carbons (Fsp3) is 0.579. The Morgan fingerprint density at radius 3 is 2.50 bits per heavy atom. The number of hydrogen-bond donors (Lipinski definition) is 8. The molecule has 1 heterocycles. The minimum absolute atomic E-state index is 0.00751. The Labute approximate surface area is 201 Å². The molecule has 0 aliphatic heterocycles. The zero-order chi connectivity index (χ0) is 25.5. The fourth-order valence-corrected chi connectivity index (χ4v) is 3.27. The van der Waals surface area contributed by atoms with Crippen molar-refractivity contribution in [1.29, 1.82) is 0 Å². The second-order valence-electron chi connectivity index (χ2n) is 7.36. The Balaban J connectivity index is 2.67. The molecule has 0 fully saturated rings. The number of carboxylic acid groups (broad SMARTS) is 1. The minimum Gasteiger partial charge on any atom is -0.480 e. The minimum atomic E-state index is -1.24. The lowest BCUT2D eigenvalue weighted by Gasteiger charge is -2.21. The first kappa shape index (κ1) is 28.7. The van der Waals surface area contributed by atoms with Gasteiger partial charge in [-0.2, -0.15) is 11.8 Å². The normalized spacial score (nSPS) is 13.2. The van der Waals surface area contributed by atoms with Crippen LogP contribution < -0.4 is 33.2 Å². The number of aromatic nitrogens is 2. The van der Waals surface area contributed by atoms with Gasteiger partial charge >= 0.3 is 5.97 Å². The van der Waals surface area contributed by atoms with Gasteiger partial charge in [0.15, 0.2) is 5.96 Å². The number of nitrogens with zero attached hydrogens (tertiary/aromatic N) is 2. The van der Waals surface area contributed by atoms with Gasteiger partial charge in [-0.1, -0.05) is 0 Å². The summed E-state index contributed by atoms with van der Waals surface area (Å²) in [5.74, 6) is -2.47. The highest BCUT2D eigenvalue weighted by Crippen LogP contribution is 2.03. The van der Waals surface area contributed by atoms with Crippen molar-refractivity contribution in [3.63, 3.8) is 0 Å². The van der Waals surface area contributed by atoms with Crippen molar-refractivity contribution in [3.8, 4) is 0 Å². The van der Waals surface area contributed by atoms with Crippen molar-refractivity contribution in [2.75, 3.05) is 25.1 Å². The van der Waals surface area contributed by atoms with Crippen molar-refractivity contribution in [1.82, 2.24) is 25.9 Å². The molecule has 1 aromatic rings. The lowest BCUT2D eigenvalue weighted by molar-refractivity contribution is -0.141. The second kappa shape index (κ2) is 15.5. The first-order chi connectivity index (χ1) is 16.1.